The Kier molecular flexibility index (Phi) is 2.07. The fraction of sp³-hybridized carbons (Fsp3) is 0.556. The van der Waals surface area contributed by atoms with E-state index in [9.17, 15) is 0 Å². The van der Waals surface area contributed by atoms with Crippen molar-refractivity contribution in [2.75, 3.05) is 0 Å². The van der Waals surface area contributed by atoms with Gasteiger partial charge in [0, 0.05) is 0 Å². The molecule has 1 heterocycles. The van der Waals surface area contributed by atoms with E-state index in [1.807, 2.05) is 0 Å². The number of rotatable bonds is 0. The molecule has 0 aliphatic rings. The second-order valence-corrected chi connectivity index (χ2v) is 6.36. The molecule has 1 rings (SSSR count). The summed E-state index contributed by atoms with van der Waals surface area (Å²) in [5, 5.41) is 0. The van der Waals surface area contributed by atoms with E-state index in [-0.39, 0.29) is 0 Å². The molecular weight excluding hydrogens is 187 g/mol. The molecule has 0 saturated carbocycles. The van der Waals surface area contributed by atoms with E-state index >= 15 is 0 Å². The van der Waals surface area contributed by atoms with Crippen LogP contribution >= 0.6 is 0 Å². The van der Waals surface area contributed by atoms with Crippen LogP contribution < -0.4 is 0 Å². The van der Waals surface area contributed by atoms with E-state index < -0.39 is 0 Å². The van der Waals surface area contributed by atoms with Crippen LogP contribution in [0.15, 0.2) is 12.1 Å². The Hall–Kier alpha value is -0.000519. The SMILES string of the molecule is Cc1ccc(C(C)(C)C)[se]1. The van der Waals surface area contributed by atoms with E-state index in [2.05, 4.69) is 39.8 Å². The van der Waals surface area contributed by atoms with Gasteiger partial charge in [0.2, 0.25) is 0 Å². The van der Waals surface area contributed by atoms with Crippen molar-refractivity contribution < 1.29 is 0 Å². The van der Waals surface area contributed by atoms with E-state index in [0.717, 1.165) is 0 Å². The number of hydrogen-bond acceptors (Lipinski definition) is 0. The summed E-state index contributed by atoms with van der Waals surface area (Å²) < 4.78 is 3.18. The van der Waals surface area contributed by atoms with Crippen LogP contribution in [0.5, 0.6) is 0 Å². The zero-order chi connectivity index (χ0) is 7.78. The molecule has 0 saturated heterocycles. The molecule has 1 heteroatoms. The van der Waals surface area contributed by atoms with Gasteiger partial charge in [-0.05, 0) is 0 Å². The fourth-order valence-electron chi connectivity index (χ4n) is 0.838. The zero-order valence-corrected chi connectivity index (χ0v) is 8.78. The molecule has 0 aromatic carbocycles. The minimum atomic E-state index is 0.397. The Bertz CT molecular complexity index is 215. The molecule has 0 N–H and O–H groups in total. The van der Waals surface area contributed by atoms with Gasteiger partial charge < -0.3 is 0 Å². The summed E-state index contributed by atoms with van der Waals surface area (Å²) in [4.78, 5) is 0. The third-order valence-corrected chi connectivity index (χ3v) is 4.47. The van der Waals surface area contributed by atoms with Crippen molar-refractivity contribution in [3.63, 3.8) is 0 Å². The average molecular weight is 201 g/mol. The van der Waals surface area contributed by atoms with Crippen molar-refractivity contribution in [1.82, 2.24) is 0 Å². The number of hydrogen-bond donors (Lipinski definition) is 0. The zero-order valence-electron chi connectivity index (χ0n) is 7.06. The summed E-state index contributed by atoms with van der Waals surface area (Å²) in [6, 6.07) is 4.54. The fourth-order valence-corrected chi connectivity index (χ4v) is 2.78. The molecule has 10 heavy (non-hydrogen) atoms. The molecule has 0 aliphatic heterocycles. The van der Waals surface area contributed by atoms with Gasteiger partial charge in [0.15, 0.2) is 0 Å². The van der Waals surface area contributed by atoms with Gasteiger partial charge in [0.05, 0.1) is 0 Å². The monoisotopic (exact) mass is 202 g/mol. The second kappa shape index (κ2) is 2.56. The van der Waals surface area contributed by atoms with Crippen molar-refractivity contribution in [1.29, 1.82) is 0 Å². The van der Waals surface area contributed by atoms with Gasteiger partial charge in [-0.2, -0.15) is 0 Å². The molecule has 0 amide bonds. The first-order chi connectivity index (χ1) is 4.50. The van der Waals surface area contributed by atoms with Crippen LogP contribution in [-0.4, -0.2) is 14.5 Å². The molecule has 0 bridgehead atoms. The quantitative estimate of drug-likeness (QED) is 0.565. The third-order valence-electron chi connectivity index (χ3n) is 1.48. The normalized spacial score (nSPS) is 12.0. The minimum absolute atomic E-state index is 0.397. The predicted octanol–water partition coefficient (Wildman–Crippen LogP) is 2.35. The second-order valence-electron chi connectivity index (χ2n) is 3.66. The standard InChI is InChI=1S/C9H14Se/c1-7-5-6-8(10-7)9(2,3)4/h5-6H,1-4H3. The van der Waals surface area contributed by atoms with Gasteiger partial charge in [-0.1, -0.05) is 0 Å². The van der Waals surface area contributed by atoms with Crippen LogP contribution in [0.3, 0.4) is 0 Å². The topological polar surface area (TPSA) is 0 Å². The van der Waals surface area contributed by atoms with Crippen LogP contribution in [0.25, 0.3) is 0 Å². The van der Waals surface area contributed by atoms with Crippen molar-refractivity contribution in [3.8, 4) is 0 Å². The summed E-state index contributed by atoms with van der Waals surface area (Å²) >= 11 is 0.651. The van der Waals surface area contributed by atoms with Gasteiger partial charge in [-0.3, -0.25) is 0 Å². The van der Waals surface area contributed by atoms with E-state index in [1.54, 1.807) is 8.87 Å². The Morgan fingerprint density at radius 3 is 2.00 bits per heavy atom. The molecular formula is C9H14Se. The maximum atomic E-state index is 2.29. The van der Waals surface area contributed by atoms with Crippen molar-refractivity contribution in [3.05, 3.63) is 21.0 Å². The van der Waals surface area contributed by atoms with Gasteiger partial charge in [0.25, 0.3) is 0 Å². The molecule has 1 aromatic rings. The van der Waals surface area contributed by atoms with Gasteiger partial charge in [-0.25, -0.2) is 0 Å². The first-order valence-corrected chi connectivity index (χ1v) is 5.28. The van der Waals surface area contributed by atoms with Crippen molar-refractivity contribution >= 4 is 14.5 Å². The Morgan fingerprint density at radius 1 is 1.20 bits per heavy atom. The molecule has 0 atom stereocenters. The van der Waals surface area contributed by atoms with E-state index in [0.29, 0.717) is 19.9 Å². The predicted molar refractivity (Wildman–Crippen MR) is 46.8 cm³/mol. The summed E-state index contributed by atoms with van der Waals surface area (Å²) in [6.07, 6.45) is 0. The molecule has 0 fully saturated rings. The van der Waals surface area contributed by atoms with Crippen molar-refractivity contribution in [2.24, 2.45) is 0 Å². The summed E-state index contributed by atoms with van der Waals surface area (Å²) in [6.45, 7) is 9.07. The van der Waals surface area contributed by atoms with Crippen LogP contribution in [0, 0.1) is 6.92 Å². The first kappa shape index (κ1) is 8.10. The van der Waals surface area contributed by atoms with Gasteiger partial charge in [-0.15, -0.1) is 0 Å². The van der Waals surface area contributed by atoms with Gasteiger partial charge >= 0.3 is 68.6 Å². The molecule has 0 nitrogen and oxygen atoms in total. The maximum absolute atomic E-state index is 2.29. The van der Waals surface area contributed by atoms with Crippen LogP contribution in [0.2, 0.25) is 0 Å². The van der Waals surface area contributed by atoms with Crippen LogP contribution in [0.4, 0.5) is 0 Å². The number of aryl methyl sites for hydroxylation is 1. The van der Waals surface area contributed by atoms with Crippen LogP contribution in [0.1, 0.15) is 29.6 Å². The summed E-state index contributed by atoms with van der Waals surface area (Å²) in [5.41, 5.74) is 0.397. The molecule has 0 unspecified atom stereocenters. The van der Waals surface area contributed by atoms with Crippen LogP contribution in [-0.2, 0) is 5.41 Å². The van der Waals surface area contributed by atoms with E-state index in [4.69, 9.17) is 0 Å². The average Bonchev–Trinajstić information content (AvgIpc) is 2.11. The Morgan fingerprint density at radius 2 is 1.80 bits per heavy atom. The van der Waals surface area contributed by atoms with Crippen molar-refractivity contribution in [2.45, 2.75) is 33.1 Å². The molecule has 0 radical (unpaired) electrons. The molecule has 1 aromatic heterocycles. The van der Waals surface area contributed by atoms with E-state index in [1.165, 1.54) is 0 Å². The van der Waals surface area contributed by atoms with Gasteiger partial charge in [0.1, 0.15) is 0 Å². The molecule has 56 valence electrons. The molecule has 0 aliphatic carbocycles. The third kappa shape index (κ3) is 1.74. The summed E-state index contributed by atoms with van der Waals surface area (Å²) in [5.74, 6) is 0. The Labute approximate surface area is 69.0 Å². The first-order valence-electron chi connectivity index (χ1n) is 3.57. The summed E-state index contributed by atoms with van der Waals surface area (Å²) in [7, 11) is 0. The Balaban J connectivity index is 2.96. The molecule has 0 spiro atoms.